The van der Waals surface area contributed by atoms with E-state index in [0.717, 1.165) is 45.1 Å². The van der Waals surface area contributed by atoms with Gasteiger partial charge in [-0.25, -0.2) is 0 Å². The van der Waals surface area contributed by atoms with Gasteiger partial charge in [0.2, 0.25) is 5.91 Å². The van der Waals surface area contributed by atoms with E-state index < -0.39 is 0 Å². The first-order chi connectivity index (χ1) is 12.1. The van der Waals surface area contributed by atoms with Crippen LogP contribution in [0.3, 0.4) is 0 Å². The van der Waals surface area contributed by atoms with Crippen molar-refractivity contribution in [2.45, 2.75) is 45.8 Å². The number of likely N-dealkylation sites (tertiary alicyclic amines) is 2. The van der Waals surface area contributed by atoms with E-state index in [1.54, 1.807) is 0 Å². The van der Waals surface area contributed by atoms with Crippen LogP contribution in [0.15, 0.2) is 24.5 Å². The summed E-state index contributed by atoms with van der Waals surface area (Å²) in [5, 5.41) is 0. The zero-order valence-corrected chi connectivity index (χ0v) is 15.6. The molecule has 0 bridgehead atoms. The van der Waals surface area contributed by atoms with Crippen LogP contribution >= 0.6 is 0 Å². The molecule has 1 unspecified atom stereocenters. The molecule has 25 heavy (non-hydrogen) atoms. The first-order valence-corrected chi connectivity index (χ1v) is 9.62. The van der Waals surface area contributed by atoms with E-state index in [9.17, 15) is 4.79 Å². The van der Waals surface area contributed by atoms with Crippen molar-refractivity contribution in [2.24, 2.45) is 11.8 Å². The van der Waals surface area contributed by atoms with E-state index in [-0.39, 0.29) is 18.6 Å². The largest absolute Gasteiger partial charge is 0.369 e. The highest BCUT2D eigenvalue weighted by atomic mass is 16.5. The van der Waals surface area contributed by atoms with Crippen LogP contribution in [0.4, 0.5) is 0 Å². The van der Waals surface area contributed by atoms with Crippen molar-refractivity contribution in [2.75, 3.05) is 32.8 Å². The van der Waals surface area contributed by atoms with Gasteiger partial charge in [-0.15, -0.1) is 0 Å². The predicted octanol–water partition coefficient (Wildman–Crippen LogP) is 2.57. The van der Waals surface area contributed by atoms with E-state index in [4.69, 9.17) is 4.74 Å². The molecule has 1 atom stereocenters. The summed E-state index contributed by atoms with van der Waals surface area (Å²) in [7, 11) is 0. The number of nitrogens with zero attached hydrogens (tertiary/aromatic N) is 3. The van der Waals surface area contributed by atoms with Gasteiger partial charge in [0.25, 0.3) is 0 Å². The van der Waals surface area contributed by atoms with Crippen molar-refractivity contribution in [1.82, 2.24) is 14.8 Å². The molecule has 0 aromatic carbocycles. The molecular weight excluding hydrogens is 314 g/mol. The Bertz CT molecular complexity index is 541. The van der Waals surface area contributed by atoms with Crippen molar-refractivity contribution in [3.8, 4) is 0 Å². The third kappa shape index (κ3) is 5.25. The quantitative estimate of drug-likeness (QED) is 0.795. The Morgan fingerprint density at radius 1 is 1.24 bits per heavy atom. The highest BCUT2D eigenvalue weighted by molar-refractivity contribution is 5.77. The van der Waals surface area contributed by atoms with Crippen LogP contribution in [0.5, 0.6) is 0 Å². The molecule has 2 fully saturated rings. The second-order valence-electron chi connectivity index (χ2n) is 7.72. The van der Waals surface area contributed by atoms with Crippen LogP contribution < -0.4 is 0 Å². The lowest BCUT2D eigenvalue weighted by atomic mass is 9.83. The van der Waals surface area contributed by atoms with Gasteiger partial charge in [-0.3, -0.25) is 14.7 Å². The van der Waals surface area contributed by atoms with E-state index in [1.165, 1.54) is 18.4 Å². The lowest BCUT2D eigenvalue weighted by molar-refractivity contribution is -0.136. The molecule has 5 nitrogen and oxygen atoms in total. The Morgan fingerprint density at radius 3 is 2.68 bits per heavy atom. The maximum absolute atomic E-state index is 12.2. The van der Waals surface area contributed by atoms with Gasteiger partial charge in [0.1, 0.15) is 6.61 Å². The summed E-state index contributed by atoms with van der Waals surface area (Å²) in [5.74, 6) is 1.59. The molecule has 0 saturated carbocycles. The van der Waals surface area contributed by atoms with Crippen LogP contribution in [-0.2, 0) is 16.1 Å². The Hall–Kier alpha value is -1.46. The first kappa shape index (κ1) is 18.3. The van der Waals surface area contributed by atoms with Gasteiger partial charge in [-0.05, 0) is 69.7 Å². The zero-order valence-electron chi connectivity index (χ0n) is 15.6. The van der Waals surface area contributed by atoms with Crippen LogP contribution in [0.25, 0.3) is 0 Å². The molecule has 1 amide bonds. The number of piperidine rings is 1. The molecule has 1 aromatic rings. The normalized spacial score (nSPS) is 22.7. The van der Waals surface area contributed by atoms with Crippen LogP contribution in [0.1, 0.15) is 38.7 Å². The summed E-state index contributed by atoms with van der Waals surface area (Å²) in [6, 6.07) is 4.16. The Morgan fingerprint density at radius 2 is 2.00 bits per heavy atom. The minimum absolute atomic E-state index is 0.117. The van der Waals surface area contributed by atoms with Gasteiger partial charge < -0.3 is 9.64 Å². The van der Waals surface area contributed by atoms with Gasteiger partial charge in [0, 0.05) is 32.0 Å². The minimum atomic E-state index is 0.117. The van der Waals surface area contributed by atoms with E-state index in [2.05, 4.69) is 16.0 Å². The summed E-state index contributed by atoms with van der Waals surface area (Å²) in [6.45, 7) is 9.31. The molecule has 138 valence electrons. The second kappa shape index (κ2) is 8.77. The number of amides is 1. The molecule has 3 heterocycles. The average Bonchev–Trinajstić information content (AvgIpc) is 3.11. The van der Waals surface area contributed by atoms with Gasteiger partial charge in [-0.1, -0.05) is 6.07 Å². The molecule has 0 spiro atoms. The van der Waals surface area contributed by atoms with Crippen LogP contribution in [0.2, 0.25) is 0 Å². The Kier molecular flexibility index (Phi) is 6.43. The zero-order chi connectivity index (χ0) is 17.6. The molecule has 0 radical (unpaired) electrons. The van der Waals surface area contributed by atoms with Crippen LogP contribution in [0, 0.1) is 11.8 Å². The highest BCUT2D eigenvalue weighted by Gasteiger charge is 2.33. The number of pyridine rings is 1. The fourth-order valence-corrected chi connectivity index (χ4v) is 4.06. The number of carbonyl (C=O) groups excluding carboxylic acids is 1. The summed E-state index contributed by atoms with van der Waals surface area (Å²) < 4.78 is 5.46. The summed E-state index contributed by atoms with van der Waals surface area (Å²) in [5.41, 5.74) is 1.30. The van der Waals surface area contributed by atoms with Gasteiger partial charge >= 0.3 is 0 Å². The third-order valence-electron chi connectivity index (χ3n) is 5.55. The second-order valence-corrected chi connectivity index (χ2v) is 7.72. The van der Waals surface area contributed by atoms with E-state index in [1.807, 2.05) is 37.2 Å². The maximum Gasteiger partial charge on any atom is 0.248 e. The standard InChI is InChI=1S/C20H31N3O2/c1-16(2)25-15-20(24)23-11-7-19(14-23)18-5-9-22(10-6-18)13-17-4-3-8-21-12-17/h3-4,8,12,16,18-19H,5-7,9-11,13-15H2,1-2H3. The SMILES string of the molecule is CC(C)OCC(=O)N1CCC(C2CCN(Cc3cccnc3)CC2)C1. The Labute approximate surface area is 151 Å². The first-order valence-electron chi connectivity index (χ1n) is 9.62. The van der Waals surface area contributed by atoms with Crippen molar-refractivity contribution in [3.05, 3.63) is 30.1 Å². The van der Waals surface area contributed by atoms with Gasteiger partial charge in [0.05, 0.1) is 6.10 Å². The number of aromatic nitrogens is 1. The summed E-state index contributed by atoms with van der Waals surface area (Å²) >= 11 is 0. The fourth-order valence-electron chi connectivity index (χ4n) is 4.06. The van der Waals surface area contributed by atoms with Crippen LogP contribution in [-0.4, -0.2) is 59.6 Å². The van der Waals surface area contributed by atoms with Gasteiger partial charge in [0.15, 0.2) is 0 Å². The monoisotopic (exact) mass is 345 g/mol. The lowest BCUT2D eigenvalue weighted by Crippen LogP contribution is -2.37. The highest BCUT2D eigenvalue weighted by Crippen LogP contribution is 2.32. The number of hydrogen-bond acceptors (Lipinski definition) is 4. The van der Waals surface area contributed by atoms with Crippen molar-refractivity contribution in [3.63, 3.8) is 0 Å². The van der Waals surface area contributed by atoms with E-state index >= 15 is 0 Å². The number of carbonyl (C=O) groups is 1. The summed E-state index contributed by atoms with van der Waals surface area (Å²) in [6.07, 6.45) is 7.55. The molecule has 2 aliphatic rings. The maximum atomic E-state index is 12.2. The number of rotatable bonds is 6. The Balaban J connectivity index is 1.41. The third-order valence-corrected chi connectivity index (χ3v) is 5.55. The summed E-state index contributed by atoms with van der Waals surface area (Å²) in [4.78, 5) is 21.0. The fraction of sp³-hybridized carbons (Fsp3) is 0.700. The van der Waals surface area contributed by atoms with Crippen molar-refractivity contribution >= 4 is 5.91 Å². The van der Waals surface area contributed by atoms with Crippen molar-refractivity contribution < 1.29 is 9.53 Å². The average molecular weight is 345 g/mol. The smallest absolute Gasteiger partial charge is 0.248 e. The molecule has 2 aliphatic heterocycles. The molecular formula is C20H31N3O2. The minimum Gasteiger partial charge on any atom is -0.369 e. The molecule has 0 N–H and O–H groups in total. The molecule has 5 heteroatoms. The molecule has 3 rings (SSSR count). The number of hydrogen-bond donors (Lipinski definition) is 0. The van der Waals surface area contributed by atoms with Gasteiger partial charge in [-0.2, -0.15) is 0 Å². The molecule has 2 saturated heterocycles. The van der Waals surface area contributed by atoms with Crippen molar-refractivity contribution in [1.29, 1.82) is 0 Å². The molecule has 0 aliphatic carbocycles. The lowest BCUT2D eigenvalue weighted by Gasteiger charge is -2.34. The van der Waals surface area contributed by atoms with E-state index in [0.29, 0.717) is 5.92 Å². The number of ether oxygens (including phenoxy) is 1. The predicted molar refractivity (Wildman–Crippen MR) is 98.0 cm³/mol. The molecule has 1 aromatic heterocycles. The topological polar surface area (TPSA) is 45.7 Å².